The highest BCUT2D eigenvalue weighted by atomic mass is 32.3. The Hall–Kier alpha value is -0.850. The van der Waals surface area contributed by atoms with Crippen LogP contribution < -0.4 is 0 Å². The highest BCUT2D eigenvalue weighted by molar-refractivity contribution is 8.43. The van der Waals surface area contributed by atoms with E-state index in [9.17, 15) is 14.4 Å². The van der Waals surface area contributed by atoms with Gasteiger partial charge in [0, 0.05) is 23.7 Å². The molecule has 0 bridgehead atoms. The van der Waals surface area contributed by atoms with E-state index >= 15 is 0 Å². The number of hydrogen-bond donors (Lipinski definition) is 2. The Kier molecular flexibility index (Phi) is 3.19. The molecule has 0 saturated carbocycles. The molecule has 2 aliphatic heterocycles. The highest BCUT2D eigenvalue weighted by Crippen LogP contribution is 2.69. The molecule has 0 aromatic heterocycles. The molecule has 1 fully saturated rings. The lowest BCUT2D eigenvalue weighted by Crippen LogP contribution is -2.23. The average molecular weight is 302 g/mol. The Morgan fingerprint density at radius 3 is 2.68 bits per heavy atom. The third-order valence-corrected chi connectivity index (χ3v) is 7.74. The maximum absolute atomic E-state index is 11.4. The molecule has 0 spiro atoms. The van der Waals surface area contributed by atoms with Crippen LogP contribution in [0.1, 0.15) is 0 Å². The standard InChI is InChI=1S/C11H15N2O4PS/c14-18(15,16)17-19(10-4-2-1-3-5-10)9-8-13-7-6-12-11(13)19/h1-5H,6-9H2,(H2,14,15,16). The van der Waals surface area contributed by atoms with Crippen molar-refractivity contribution in [2.75, 3.05) is 25.4 Å². The van der Waals surface area contributed by atoms with Crippen molar-refractivity contribution < 1.29 is 18.3 Å². The molecule has 0 aliphatic carbocycles. The van der Waals surface area contributed by atoms with Gasteiger partial charge in [-0.1, -0.05) is 18.2 Å². The van der Waals surface area contributed by atoms with Gasteiger partial charge in [-0.25, -0.2) is 8.54 Å². The van der Waals surface area contributed by atoms with E-state index in [2.05, 4.69) is 9.89 Å². The van der Waals surface area contributed by atoms with Crippen molar-refractivity contribution in [1.82, 2.24) is 4.90 Å². The average Bonchev–Trinajstić information content (AvgIpc) is 2.93. The SMILES string of the molecule is O=P(O)(O)OS1(c2ccccc2)CCN2CCN=C21. The largest absolute Gasteiger partial charge is 0.479 e. The first-order chi connectivity index (χ1) is 9.01. The molecule has 1 aromatic carbocycles. The monoisotopic (exact) mass is 302 g/mol. The molecule has 1 saturated heterocycles. The number of hydrogen-bond acceptors (Lipinski definition) is 4. The van der Waals surface area contributed by atoms with Gasteiger partial charge < -0.3 is 14.7 Å². The van der Waals surface area contributed by atoms with E-state index in [1.807, 2.05) is 30.3 Å². The molecular formula is C11H15N2O4PS. The number of fused-ring (bicyclic) bond motifs is 1. The molecule has 19 heavy (non-hydrogen) atoms. The van der Waals surface area contributed by atoms with Gasteiger partial charge in [-0.3, -0.25) is 4.99 Å². The summed E-state index contributed by atoms with van der Waals surface area (Å²) in [5.41, 5.74) is 0. The van der Waals surface area contributed by atoms with Gasteiger partial charge in [-0.2, -0.15) is 0 Å². The van der Waals surface area contributed by atoms with Crippen molar-refractivity contribution in [2.45, 2.75) is 4.90 Å². The van der Waals surface area contributed by atoms with Gasteiger partial charge >= 0.3 is 7.82 Å². The first-order valence-electron chi connectivity index (χ1n) is 5.94. The van der Waals surface area contributed by atoms with Crippen molar-refractivity contribution >= 4 is 23.3 Å². The third kappa shape index (κ3) is 2.32. The number of aliphatic imine (C=N–C) groups is 1. The molecule has 1 unspecified atom stereocenters. The van der Waals surface area contributed by atoms with Crippen LogP contribution in [-0.2, 0) is 8.54 Å². The summed E-state index contributed by atoms with van der Waals surface area (Å²) in [5.74, 6) is 0.584. The van der Waals surface area contributed by atoms with E-state index in [4.69, 9.17) is 3.97 Å². The number of benzene rings is 1. The van der Waals surface area contributed by atoms with E-state index in [1.165, 1.54) is 0 Å². The zero-order valence-corrected chi connectivity index (χ0v) is 11.9. The lowest BCUT2D eigenvalue weighted by atomic mass is 10.4. The molecule has 0 amide bonds. The van der Waals surface area contributed by atoms with Gasteiger partial charge in [0.15, 0.2) is 5.17 Å². The smallest absolute Gasteiger partial charge is 0.348 e. The van der Waals surface area contributed by atoms with Crippen LogP contribution in [0, 0.1) is 0 Å². The summed E-state index contributed by atoms with van der Waals surface area (Å²) in [5, 5.41) is 0.724. The van der Waals surface area contributed by atoms with Crippen molar-refractivity contribution in [1.29, 1.82) is 0 Å². The van der Waals surface area contributed by atoms with Crippen LogP contribution in [0.2, 0.25) is 0 Å². The second-order valence-corrected chi connectivity index (χ2v) is 8.58. The topological polar surface area (TPSA) is 82.4 Å². The molecule has 2 N–H and O–H groups in total. The van der Waals surface area contributed by atoms with E-state index in [1.54, 1.807) is 0 Å². The predicted octanol–water partition coefficient (Wildman–Crippen LogP) is 1.56. The summed E-state index contributed by atoms with van der Waals surface area (Å²) < 4.78 is 16.6. The fraction of sp³-hybridized carbons (Fsp3) is 0.364. The van der Waals surface area contributed by atoms with Crippen LogP contribution in [-0.4, -0.2) is 45.2 Å². The minimum atomic E-state index is -4.57. The molecule has 8 heteroatoms. The Labute approximate surface area is 112 Å². The number of amidine groups is 1. The van der Waals surface area contributed by atoms with Crippen LogP contribution in [0.25, 0.3) is 0 Å². The zero-order valence-electron chi connectivity index (χ0n) is 10.2. The van der Waals surface area contributed by atoms with E-state index < -0.39 is 18.1 Å². The molecular weight excluding hydrogens is 287 g/mol. The fourth-order valence-corrected chi connectivity index (χ4v) is 7.29. The summed E-state index contributed by atoms with van der Waals surface area (Å²) in [6, 6.07) is 9.29. The van der Waals surface area contributed by atoms with Crippen LogP contribution in [0.3, 0.4) is 0 Å². The summed E-state index contributed by atoms with van der Waals surface area (Å²) >= 11 is 0. The van der Waals surface area contributed by atoms with Crippen molar-refractivity contribution in [3.8, 4) is 0 Å². The Morgan fingerprint density at radius 2 is 2.00 bits per heavy atom. The van der Waals surface area contributed by atoms with Crippen molar-refractivity contribution in [3.63, 3.8) is 0 Å². The maximum Gasteiger partial charge on any atom is 0.479 e. The Bertz CT molecular complexity index is 561. The molecule has 1 aromatic rings. The molecule has 1 atom stereocenters. The highest BCUT2D eigenvalue weighted by Gasteiger charge is 2.47. The zero-order chi connectivity index (χ0) is 13.5. The number of phosphoric acid groups is 1. The van der Waals surface area contributed by atoms with Gasteiger partial charge in [0.25, 0.3) is 0 Å². The molecule has 2 aliphatic rings. The Balaban J connectivity index is 2.09. The van der Waals surface area contributed by atoms with Crippen LogP contribution in [0.4, 0.5) is 0 Å². The van der Waals surface area contributed by atoms with Crippen molar-refractivity contribution in [3.05, 3.63) is 30.3 Å². The van der Waals surface area contributed by atoms with Gasteiger partial charge in [-0.15, -0.1) is 0 Å². The van der Waals surface area contributed by atoms with E-state index in [-0.39, 0.29) is 0 Å². The quantitative estimate of drug-likeness (QED) is 0.828. The number of nitrogens with zero attached hydrogens (tertiary/aromatic N) is 2. The van der Waals surface area contributed by atoms with Gasteiger partial charge in [-0.05, 0) is 22.4 Å². The summed E-state index contributed by atoms with van der Waals surface area (Å²) in [6.07, 6.45) is 0. The molecule has 6 nitrogen and oxygen atoms in total. The second kappa shape index (κ2) is 4.61. The van der Waals surface area contributed by atoms with Crippen LogP contribution in [0.15, 0.2) is 40.2 Å². The normalized spacial score (nSPS) is 29.8. The minimum absolute atomic E-state index is 0.584. The minimum Gasteiger partial charge on any atom is -0.348 e. The molecule has 104 valence electrons. The lowest BCUT2D eigenvalue weighted by Gasteiger charge is -2.34. The van der Waals surface area contributed by atoms with Crippen LogP contribution in [0.5, 0.6) is 0 Å². The summed E-state index contributed by atoms with van der Waals surface area (Å²) in [4.78, 5) is 25.8. The summed E-state index contributed by atoms with van der Waals surface area (Å²) in [6.45, 7) is 2.21. The third-order valence-electron chi connectivity index (χ3n) is 3.18. The van der Waals surface area contributed by atoms with E-state index in [0.717, 1.165) is 23.2 Å². The summed E-state index contributed by atoms with van der Waals surface area (Å²) in [7, 11) is -6.73. The van der Waals surface area contributed by atoms with E-state index in [0.29, 0.717) is 12.3 Å². The van der Waals surface area contributed by atoms with Gasteiger partial charge in [0.05, 0.1) is 6.54 Å². The molecule has 0 radical (unpaired) electrons. The Morgan fingerprint density at radius 1 is 1.26 bits per heavy atom. The molecule has 2 heterocycles. The number of rotatable bonds is 3. The molecule has 3 rings (SSSR count). The van der Waals surface area contributed by atoms with Crippen molar-refractivity contribution in [2.24, 2.45) is 4.99 Å². The van der Waals surface area contributed by atoms with Crippen LogP contribution >= 0.6 is 18.1 Å². The fourth-order valence-electron chi connectivity index (χ4n) is 2.46. The van der Waals surface area contributed by atoms with Gasteiger partial charge in [0.1, 0.15) is 0 Å². The predicted molar refractivity (Wildman–Crippen MR) is 74.2 cm³/mol. The maximum atomic E-state index is 11.4. The first kappa shape index (κ1) is 13.1. The lowest BCUT2D eigenvalue weighted by molar-refractivity contribution is 0.295. The van der Waals surface area contributed by atoms with Gasteiger partial charge in [0.2, 0.25) is 0 Å². The second-order valence-electron chi connectivity index (χ2n) is 4.41. The first-order valence-corrected chi connectivity index (χ1v) is 9.19.